The van der Waals surface area contributed by atoms with Crippen LogP contribution in [-0.4, -0.2) is 10.2 Å². The third kappa shape index (κ3) is 2.19. The van der Waals surface area contributed by atoms with Crippen LogP contribution in [0.4, 0.5) is 0 Å². The van der Waals surface area contributed by atoms with Crippen LogP contribution in [0.2, 0.25) is 5.15 Å². The second-order valence-corrected chi connectivity index (χ2v) is 4.24. The van der Waals surface area contributed by atoms with Gasteiger partial charge in [0.15, 0.2) is 5.15 Å². The number of hydrogen-bond donors (Lipinski definition) is 0. The van der Waals surface area contributed by atoms with Crippen LogP contribution in [0, 0.1) is 0 Å². The topological polar surface area (TPSA) is 25.8 Å². The van der Waals surface area contributed by atoms with Crippen molar-refractivity contribution in [2.75, 3.05) is 0 Å². The zero-order valence-electron chi connectivity index (χ0n) is 5.82. The van der Waals surface area contributed by atoms with Crippen molar-refractivity contribution in [2.45, 2.75) is 10.7 Å². The second-order valence-electron chi connectivity index (χ2n) is 2.01. The molecule has 0 atom stereocenters. The minimum Gasteiger partial charge on any atom is -0.142 e. The first kappa shape index (κ1) is 10.9. The lowest BCUT2D eigenvalue weighted by Gasteiger charge is -2.05. The van der Waals surface area contributed by atoms with E-state index >= 15 is 0 Å². The number of hydrogen-bond acceptors (Lipinski definition) is 2. The van der Waals surface area contributed by atoms with Crippen LogP contribution in [0.5, 0.6) is 0 Å². The van der Waals surface area contributed by atoms with Crippen LogP contribution >= 0.6 is 59.4 Å². The molecule has 0 spiro atoms. The molecule has 0 N–H and O–H groups in total. The summed E-state index contributed by atoms with van der Waals surface area (Å²) < 4.78 is 0.734. The van der Waals surface area contributed by atoms with Gasteiger partial charge in [-0.15, -0.1) is 10.2 Å². The quantitative estimate of drug-likeness (QED) is 0.733. The molecule has 0 aliphatic carbocycles. The molecule has 0 aromatic carbocycles. The average molecular weight is 379 g/mol. The van der Waals surface area contributed by atoms with E-state index in [9.17, 15) is 0 Å². The van der Waals surface area contributed by atoms with Crippen molar-refractivity contribution in [2.24, 2.45) is 0 Å². The lowest BCUT2D eigenvalue weighted by Crippen LogP contribution is -1.97. The Morgan fingerprint density at radius 3 is 2.08 bits per heavy atom. The van der Waals surface area contributed by atoms with Gasteiger partial charge < -0.3 is 0 Å². The van der Waals surface area contributed by atoms with Crippen LogP contribution in [0.3, 0.4) is 0 Å². The Morgan fingerprint density at radius 2 is 1.67 bits per heavy atom. The second kappa shape index (κ2) is 4.88. The third-order valence-corrected chi connectivity index (χ3v) is 3.42. The number of rotatable bonds is 2. The minimum atomic E-state index is 0.449. The molecule has 66 valence electrons. The lowest BCUT2D eigenvalue weighted by molar-refractivity contribution is 0.963. The fraction of sp³-hybridized carbons (Fsp3) is 0.333. The smallest absolute Gasteiger partial charge is 0.142 e. The first-order chi connectivity index (χ1) is 5.70. The molecule has 1 aromatic rings. The summed E-state index contributed by atoms with van der Waals surface area (Å²) in [5, 5.41) is 9.46. The standard InChI is InChI=1S/C6H4Br3ClN2/c7-1-3-4(2-8)6(10)12-11-5(3)9/h1-2H2. The number of alkyl halides is 2. The SMILES string of the molecule is Clc1nnc(Br)c(CBr)c1CBr. The zero-order chi connectivity index (χ0) is 9.14. The molecule has 0 saturated heterocycles. The highest BCUT2D eigenvalue weighted by molar-refractivity contribution is 9.10. The Balaban J connectivity index is 3.28. The first-order valence-corrected chi connectivity index (χ1v) is 6.43. The summed E-state index contributed by atoms with van der Waals surface area (Å²) in [5.74, 6) is 0. The molecule has 0 aliphatic rings. The number of halogens is 4. The van der Waals surface area contributed by atoms with Gasteiger partial charge in [0.1, 0.15) is 4.60 Å². The highest BCUT2D eigenvalue weighted by Gasteiger charge is 2.11. The highest BCUT2D eigenvalue weighted by Crippen LogP contribution is 2.26. The first-order valence-electron chi connectivity index (χ1n) is 3.02. The maximum atomic E-state index is 5.83. The normalized spacial score (nSPS) is 10.3. The van der Waals surface area contributed by atoms with E-state index in [1.165, 1.54) is 0 Å². The molecule has 0 saturated carbocycles. The molecule has 0 unspecified atom stereocenters. The summed E-state index contributed by atoms with van der Waals surface area (Å²) in [6.45, 7) is 0. The van der Waals surface area contributed by atoms with Crippen LogP contribution in [-0.2, 0) is 10.7 Å². The van der Waals surface area contributed by atoms with Gasteiger partial charge in [-0.2, -0.15) is 0 Å². The van der Waals surface area contributed by atoms with Crippen LogP contribution < -0.4 is 0 Å². The Morgan fingerprint density at radius 1 is 1.08 bits per heavy atom. The van der Waals surface area contributed by atoms with Crippen molar-refractivity contribution in [3.8, 4) is 0 Å². The van der Waals surface area contributed by atoms with E-state index in [1.54, 1.807) is 0 Å². The van der Waals surface area contributed by atoms with E-state index in [0.717, 1.165) is 15.7 Å². The Labute approximate surface area is 100 Å². The van der Waals surface area contributed by atoms with Gasteiger partial charge in [-0.1, -0.05) is 43.5 Å². The molecule has 0 amide bonds. The predicted octanol–water partition coefficient (Wildman–Crippen LogP) is 3.68. The van der Waals surface area contributed by atoms with Crippen molar-refractivity contribution in [1.29, 1.82) is 0 Å². The van der Waals surface area contributed by atoms with Gasteiger partial charge in [-0.05, 0) is 15.9 Å². The molecule has 1 heterocycles. The number of aromatic nitrogens is 2. The summed E-state index contributed by atoms with van der Waals surface area (Å²) in [4.78, 5) is 0. The average Bonchev–Trinajstić information content (AvgIpc) is 2.08. The fourth-order valence-electron chi connectivity index (χ4n) is 0.729. The molecule has 12 heavy (non-hydrogen) atoms. The van der Waals surface area contributed by atoms with Gasteiger partial charge in [0.05, 0.1) is 0 Å². The van der Waals surface area contributed by atoms with Crippen LogP contribution in [0.15, 0.2) is 4.60 Å². The Hall–Kier alpha value is 0.810. The van der Waals surface area contributed by atoms with Crippen molar-refractivity contribution >= 4 is 59.4 Å². The molecule has 0 fully saturated rings. The maximum absolute atomic E-state index is 5.83. The van der Waals surface area contributed by atoms with Crippen LogP contribution in [0.1, 0.15) is 11.1 Å². The van der Waals surface area contributed by atoms with E-state index in [4.69, 9.17) is 11.6 Å². The molecule has 6 heteroatoms. The van der Waals surface area contributed by atoms with Crippen molar-refractivity contribution in [3.63, 3.8) is 0 Å². The molecule has 0 bridgehead atoms. The summed E-state index contributed by atoms with van der Waals surface area (Å²) in [6.07, 6.45) is 0. The summed E-state index contributed by atoms with van der Waals surface area (Å²) in [5.41, 5.74) is 2.00. The fourth-order valence-corrected chi connectivity index (χ4v) is 3.15. The van der Waals surface area contributed by atoms with E-state index in [1.807, 2.05) is 0 Å². The monoisotopic (exact) mass is 376 g/mol. The van der Waals surface area contributed by atoms with Crippen molar-refractivity contribution in [1.82, 2.24) is 10.2 Å². The van der Waals surface area contributed by atoms with Gasteiger partial charge >= 0.3 is 0 Å². The highest BCUT2D eigenvalue weighted by atomic mass is 79.9. The molecular formula is C6H4Br3ClN2. The van der Waals surface area contributed by atoms with Crippen molar-refractivity contribution in [3.05, 3.63) is 20.9 Å². The summed E-state index contributed by atoms with van der Waals surface area (Å²) in [6, 6.07) is 0. The Kier molecular flexibility index (Phi) is 4.43. The largest absolute Gasteiger partial charge is 0.156 e. The predicted molar refractivity (Wildman–Crippen MR) is 60.0 cm³/mol. The van der Waals surface area contributed by atoms with Gasteiger partial charge in [-0.3, -0.25) is 0 Å². The minimum absolute atomic E-state index is 0.449. The van der Waals surface area contributed by atoms with Crippen LogP contribution in [0.25, 0.3) is 0 Å². The zero-order valence-corrected chi connectivity index (χ0v) is 11.3. The van der Waals surface area contributed by atoms with Gasteiger partial charge in [-0.25, -0.2) is 0 Å². The Bertz CT molecular complexity index is 263. The molecule has 1 aromatic heterocycles. The molecule has 2 nitrogen and oxygen atoms in total. The van der Waals surface area contributed by atoms with Gasteiger partial charge in [0, 0.05) is 21.8 Å². The third-order valence-electron chi connectivity index (χ3n) is 1.36. The van der Waals surface area contributed by atoms with Gasteiger partial charge in [0.25, 0.3) is 0 Å². The summed E-state index contributed by atoms with van der Waals surface area (Å²) >= 11 is 15.8. The lowest BCUT2D eigenvalue weighted by atomic mass is 10.2. The molecular weight excluding hydrogens is 375 g/mol. The number of nitrogens with zero attached hydrogens (tertiary/aromatic N) is 2. The molecule has 0 radical (unpaired) electrons. The maximum Gasteiger partial charge on any atom is 0.156 e. The van der Waals surface area contributed by atoms with E-state index < -0.39 is 0 Å². The van der Waals surface area contributed by atoms with E-state index in [0.29, 0.717) is 15.8 Å². The van der Waals surface area contributed by atoms with Gasteiger partial charge in [0.2, 0.25) is 0 Å². The van der Waals surface area contributed by atoms with E-state index in [-0.39, 0.29) is 0 Å². The summed E-state index contributed by atoms with van der Waals surface area (Å²) in [7, 11) is 0. The molecule has 0 aliphatic heterocycles. The molecule has 1 rings (SSSR count). The van der Waals surface area contributed by atoms with E-state index in [2.05, 4.69) is 58.0 Å². The van der Waals surface area contributed by atoms with Crippen molar-refractivity contribution < 1.29 is 0 Å².